The van der Waals surface area contributed by atoms with Crippen molar-refractivity contribution in [2.75, 3.05) is 6.61 Å². The molecular weight excluding hydrogens is 268 g/mol. The van der Waals surface area contributed by atoms with Gasteiger partial charge in [0.1, 0.15) is 11.9 Å². The van der Waals surface area contributed by atoms with Crippen LogP contribution in [0.3, 0.4) is 0 Å². The lowest BCUT2D eigenvalue weighted by molar-refractivity contribution is -0.143. The van der Waals surface area contributed by atoms with Crippen LogP contribution >= 0.6 is 0 Å². The molecule has 0 bridgehead atoms. The van der Waals surface area contributed by atoms with Gasteiger partial charge in [0.05, 0.1) is 0 Å². The molecule has 0 aliphatic rings. The van der Waals surface area contributed by atoms with Crippen LogP contribution in [0.15, 0.2) is 30.4 Å². The van der Waals surface area contributed by atoms with Gasteiger partial charge >= 0.3 is 5.97 Å². The van der Waals surface area contributed by atoms with E-state index in [0.717, 1.165) is 16.9 Å². The molecule has 2 atom stereocenters. The first-order valence-electron chi connectivity index (χ1n) is 7.10. The van der Waals surface area contributed by atoms with Crippen LogP contribution in [0.2, 0.25) is 0 Å². The highest BCUT2D eigenvalue weighted by Crippen LogP contribution is 2.26. The molecule has 0 N–H and O–H groups in total. The van der Waals surface area contributed by atoms with Crippen molar-refractivity contribution in [3.05, 3.63) is 41.5 Å². The first-order valence-corrected chi connectivity index (χ1v) is 7.10. The summed E-state index contributed by atoms with van der Waals surface area (Å²) in [7, 11) is 0. The molecule has 2 unspecified atom stereocenters. The van der Waals surface area contributed by atoms with Gasteiger partial charge in [-0.1, -0.05) is 12.6 Å². The summed E-state index contributed by atoms with van der Waals surface area (Å²) in [5.74, 6) is 0.378. The minimum atomic E-state index is -0.384. The van der Waals surface area contributed by atoms with Crippen LogP contribution in [0.1, 0.15) is 44.9 Å². The standard InChI is InChI=1S/C17H24O4/c1-7-19-14(6)21-16-9-8-15(10-12(16)4)13(5)20-17(18)11(2)3/h8-10,13-14H,2,7H2,1,3-6H3. The molecule has 4 nitrogen and oxygen atoms in total. The molecule has 116 valence electrons. The largest absolute Gasteiger partial charge is 0.465 e. The van der Waals surface area contributed by atoms with Gasteiger partial charge in [0, 0.05) is 12.2 Å². The van der Waals surface area contributed by atoms with Gasteiger partial charge in [0.15, 0.2) is 6.29 Å². The van der Waals surface area contributed by atoms with Gasteiger partial charge in [-0.15, -0.1) is 0 Å². The monoisotopic (exact) mass is 292 g/mol. The van der Waals surface area contributed by atoms with E-state index >= 15 is 0 Å². The predicted molar refractivity (Wildman–Crippen MR) is 82.2 cm³/mol. The predicted octanol–water partition coefficient (Wildman–Crippen LogP) is 3.94. The quantitative estimate of drug-likeness (QED) is 0.434. The maximum absolute atomic E-state index is 11.5. The van der Waals surface area contributed by atoms with Crippen LogP contribution in [0, 0.1) is 6.92 Å². The molecule has 0 fully saturated rings. The van der Waals surface area contributed by atoms with Crippen LogP contribution in [0.4, 0.5) is 0 Å². The fraction of sp³-hybridized carbons (Fsp3) is 0.471. The van der Waals surface area contributed by atoms with E-state index in [1.54, 1.807) is 6.92 Å². The molecule has 1 aromatic rings. The number of carbonyl (C=O) groups is 1. The summed E-state index contributed by atoms with van der Waals surface area (Å²) in [5.41, 5.74) is 2.28. The lowest BCUT2D eigenvalue weighted by atomic mass is 10.1. The van der Waals surface area contributed by atoms with Crippen LogP contribution in [0.25, 0.3) is 0 Å². The Bertz CT molecular complexity index is 508. The first kappa shape index (κ1) is 17.2. The minimum absolute atomic E-state index is 0.293. The van der Waals surface area contributed by atoms with Crippen molar-refractivity contribution < 1.29 is 19.0 Å². The summed E-state index contributed by atoms with van der Waals surface area (Å²) >= 11 is 0. The number of rotatable bonds is 7. The second-order valence-corrected chi connectivity index (χ2v) is 4.99. The average molecular weight is 292 g/mol. The van der Waals surface area contributed by atoms with E-state index in [9.17, 15) is 4.79 Å². The Morgan fingerprint density at radius 2 is 2.00 bits per heavy atom. The number of benzene rings is 1. The SMILES string of the molecule is C=C(C)C(=O)OC(C)c1ccc(OC(C)OCC)c(C)c1. The molecule has 1 aromatic carbocycles. The summed E-state index contributed by atoms with van der Waals surface area (Å²) < 4.78 is 16.4. The zero-order valence-electron chi connectivity index (χ0n) is 13.4. The number of hydrogen-bond acceptors (Lipinski definition) is 4. The van der Waals surface area contributed by atoms with E-state index in [4.69, 9.17) is 14.2 Å². The number of aryl methyl sites for hydroxylation is 1. The van der Waals surface area contributed by atoms with E-state index in [-0.39, 0.29) is 18.4 Å². The van der Waals surface area contributed by atoms with Gasteiger partial charge in [-0.3, -0.25) is 0 Å². The molecule has 1 rings (SSSR count). The number of esters is 1. The highest BCUT2D eigenvalue weighted by Gasteiger charge is 2.14. The number of hydrogen-bond donors (Lipinski definition) is 0. The summed E-state index contributed by atoms with van der Waals surface area (Å²) in [6, 6.07) is 5.70. The Morgan fingerprint density at radius 1 is 1.33 bits per heavy atom. The Kier molecular flexibility index (Phi) is 6.43. The highest BCUT2D eigenvalue weighted by atomic mass is 16.7. The molecule has 0 saturated heterocycles. The molecule has 0 radical (unpaired) electrons. The van der Waals surface area contributed by atoms with Gasteiger partial charge in [0.25, 0.3) is 0 Å². The van der Waals surface area contributed by atoms with Gasteiger partial charge in [-0.25, -0.2) is 4.79 Å². The normalized spacial score (nSPS) is 13.4. The van der Waals surface area contributed by atoms with Crippen molar-refractivity contribution in [3.63, 3.8) is 0 Å². The molecule has 21 heavy (non-hydrogen) atoms. The van der Waals surface area contributed by atoms with Gasteiger partial charge in [-0.2, -0.15) is 0 Å². The van der Waals surface area contributed by atoms with E-state index in [0.29, 0.717) is 12.2 Å². The third kappa shape index (κ3) is 5.23. The summed E-state index contributed by atoms with van der Waals surface area (Å²) in [5, 5.41) is 0. The maximum atomic E-state index is 11.5. The minimum Gasteiger partial charge on any atom is -0.465 e. The van der Waals surface area contributed by atoms with Crippen molar-refractivity contribution in [2.45, 2.75) is 47.0 Å². The molecule has 0 saturated carbocycles. The lowest BCUT2D eigenvalue weighted by Crippen LogP contribution is -2.16. The number of carbonyl (C=O) groups excluding carboxylic acids is 1. The zero-order chi connectivity index (χ0) is 16.0. The average Bonchev–Trinajstić information content (AvgIpc) is 2.41. The molecule has 0 heterocycles. The summed E-state index contributed by atoms with van der Waals surface area (Å²) in [6.45, 7) is 13.4. The lowest BCUT2D eigenvalue weighted by Gasteiger charge is -2.18. The molecule has 0 aliphatic heterocycles. The van der Waals surface area contributed by atoms with Crippen molar-refractivity contribution in [1.82, 2.24) is 0 Å². The second kappa shape index (κ2) is 7.84. The fourth-order valence-corrected chi connectivity index (χ4v) is 1.83. The Labute approximate surface area is 126 Å². The first-order chi connectivity index (χ1) is 9.85. The highest BCUT2D eigenvalue weighted by molar-refractivity contribution is 5.87. The maximum Gasteiger partial charge on any atom is 0.333 e. The van der Waals surface area contributed by atoms with E-state index in [2.05, 4.69) is 6.58 Å². The molecule has 0 aromatic heterocycles. The molecular formula is C17H24O4. The van der Waals surface area contributed by atoms with E-state index in [1.807, 2.05) is 45.9 Å². The van der Waals surface area contributed by atoms with Gasteiger partial charge in [-0.05, 0) is 57.9 Å². The number of ether oxygens (including phenoxy) is 3. The fourth-order valence-electron chi connectivity index (χ4n) is 1.83. The van der Waals surface area contributed by atoms with E-state index in [1.165, 1.54) is 0 Å². The second-order valence-electron chi connectivity index (χ2n) is 4.99. The van der Waals surface area contributed by atoms with Crippen LogP contribution in [-0.4, -0.2) is 18.9 Å². The van der Waals surface area contributed by atoms with Gasteiger partial charge in [0.2, 0.25) is 0 Å². The Balaban J connectivity index is 2.77. The third-order valence-electron chi connectivity index (χ3n) is 2.99. The smallest absolute Gasteiger partial charge is 0.333 e. The van der Waals surface area contributed by atoms with Crippen molar-refractivity contribution >= 4 is 5.97 Å². The van der Waals surface area contributed by atoms with Crippen LogP contribution in [0.5, 0.6) is 5.75 Å². The van der Waals surface area contributed by atoms with E-state index < -0.39 is 0 Å². The molecule has 0 aliphatic carbocycles. The summed E-state index contributed by atoms with van der Waals surface area (Å²) in [4.78, 5) is 11.5. The molecule has 0 spiro atoms. The third-order valence-corrected chi connectivity index (χ3v) is 2.99. The van der Waals surface area contributed by atoms with Crippen molar-refractivity contribution in [2.24, 2.45) is 0 Å². The van der Waals surface area contributed by atoms with Crippen molar-refractivity contribution in [1.29, 1.82) is 0 Å². The summed E-state index contributed by atoms with van der Waals surface area (Å²) in [6.07, 6.45) is -0.621. The topological polar surface area (TPSA) is 44.8 Å². The van der Waals surface area contributed by atoms with Crippen LogP contribution in [-0.2, 0) is 14.3 Å². The Morgan fingerprint density at radius 3 is 2.52 bits per heavy atom. The zero-order valence-corrected chi connectivity index (χ0v) is 13.4. The molecule has 0 amide bonds. The Hall–Kier alpha value is -1.81. The van der Waals surface area contributed by atoms with Gasteiger partial charge < -0.3 is 14.2 Å². The molecule has 4 heteroatoms. The van der Waals surface area contributed by atoms with Crippen molar-refractivity contribution in [3.8, 4) is 5.75 Å². The van der Waals surface area contributed by atoms with Crippen LogP contribution < -0.4 is 4.74 Å².